The Bertz CT molecular complexity index is 773. The van der Waals surface area contributed by atoms with Gasteiger partial charge in [-0.25, -0.2) is 4.98 Å². The molecule has 0 bridgehead atoms. The van der Waals surface area contributed by atoms with Crippen molar-refractivity contribution in [1.82, 2.24) is 14.9 Å². The molecule has 3 rings (SSSR count). The lowest BCUT2D eigenvalue weighted by Crippen LogP contribution is -2.48. The second-order valence-corrected chi connectivity index (χ2v) is 8.31. The molecule has 6 heteroatoms. The summed E-state index contributed by atoms with van der Waals surface area (Å²) in [5, 5.41) is 9.26. The number of carboxylic acid groups (broad SMARTS) is 1. The number of likely N-dealkylation sites (tertiary alicyclic amines) is 1. The van der Waals surface area contributed by atoms with Gasteiger partial charge in [0.1, 0.15) is 5.82 Å². The van der Waals surface area contributed by atoms with E-state index < -0.39 is 11.4 Å². The van der Waals surface area contributed by atoms with Gasteiger partial charge in [-0.1, -0.05) is 32.9 Å². The van der Waals surface area contributed by atoms with Gasteiger partial charge in [-0.05, 0) is 30.4 Å². The van der Waals surface area contributed by atoms with E-state index in [1.165, 1.54) is 0 Å². The van der Waals surface area contributed by atoms with Gasteiger partial charge in [0.25, 0.3) is 0 Å². The molecule has 1 saturated heterocycles. The average Bonchev–Trinajstić information content (AvgIpc) is 2.96. The molecule has 0 spiro atoms. The zero-order chi connectivity index (χ0) is 18.9. The van der Waals surface area contributed by atoms with Crippen LogP contribution < -0.4 is 0 Å². The maximum atomic E-state index is 12.7. The number of H-pyrrole nitrogens is 1. The van der Waals surface area contributed by atoms with E-state index in [0.717, 1.165) is 23.3 Å². The van der Waals surface area contributed by atoms with Crippen molar-refractivity contribution in [2.24, 2.45) is 17.3 Å². The number of piperidine rings is 1. The van der Waals surface area contributed by atoms with Crippen molar-refractivity contribution in [2.45, 2.75) is 40.0 Å². The van der Waals surface area contributed by atoms with Crippen LogP contribution in [-0.4, -0.2) is 44.9 Å². The first-order valence-electron chi connectivity index (χ1n) is 9.19. The van der Waals surface area contributed by atoms with Crippen molar-refractivity contribution in [3.8, 4) is 0 Å². The normalized spacial score (nSPS) is 21.1. The maximum absolute atomic E-state index is 12.7. The first kappa shape index (κ1) is 18.4. The first-order chi connectivity index (χ1) is 12.2. The van der Waals surface area contributed by atoms with Gasteiger partial charge in [-0.3, -0.25) is 9.59 Å². The molecular weight excluding hydrogens is 330 g/mol. The highest BCUT2D eigenvalue weighted by molar-refractivity contribution is 5.81. The topological polar surface area (TPSA) is 86.3 Å². The van der Waals surface area contributed by atoms with E-state index in [-0.39, 0.29) is 24.2 Å². The highest BCUT2D eigenvalue weighted by Gasteiger charge is 2.36. The highest BCUT2D eigenvalue weighted by atomic mass is 16.4. The summed E-state index contributed by atoms with van der Waals surface area (Å²) < 4.78 is 0. The van der Waals surface area contributed by atoms with Crippen LogP contribution in [0.2, 0.25) is 0 Å². The molecule has 0 radical (unpaired) electrons. The third-order valence-electron chi connectivity index (χ3n) is 5.15. The number of nitrogens with zero attached hydrogens (tertiary/aromatic N) is 2. The summed E-state index contributed by atoms with van der Waals surface area (Å²) >= 11 is 0. The Morgan fingerprint density at radius 2 is 2.00 bits per heavy atom. The molecule has 26 heavy (non-hydrogen) atoms. The number of aliphatic carboxylic acids is 1. The molecule has 140 valence electrons. The molecule has 1 aliphatic rings. The minimum atomic E-state index is -0.778. The molecule has 1 aliphatic heterocycles. The quantitative estimate of drug-likeness (QED) is 0.880. The van der Waals surface area contributed by atoms with Crippen LogP contribution in [0.4, 0.5) is 0 Å². The molecule has 2 aromatic rings. The second kappa shape index (κ2) is 7.09. The Balaban J connectivity index is 1.80. The van der Waals surface area contributed by atoms with Gasteiger partial charge in [-0.2, -0.15) is 0 Å². The minimum absolute atomic E-state index is 0.0599. The fourth-order valence-corrected chi connectivity index (χ4v) is 3.81. The highest BCUT2D eigenvalue weighted by Crippen LogP contribution is 2.31. The molecule has 1 aromatic heterocycles. The van der Waals surface area contributed by atoms with Gasteiger partial charge in [0.15, 0.2) is 0 Å². The van der Waals surface area contributed by atoms with E-state index in [2.05, 4.69) is 9.97 Å². The number of aromatic nitrogens is 2. The van der Waals surface area contributed by atoms with Crippen molar-refractivity contribution < 1.29 is 14.7 Å². The number of aromatic amines is 1. The van der Waals surface area contributed by atoms with Crippen molar-refractivity contribution in [2.75, 3.05) is 13.1 Å². The Morgan fingerprint density at radius 1 is 1.27 bits per heavy atom. The van der Waals surface area contributed by atoms with Crippen molar-refractivity contribution in [1.29, 1.82) is 0 Å². The molecule has 6 nitrogen and oxygen atoms in total. The maximum Gasteiger partial charge on any atom is 0.303 e. The number of carbonyl (C=O) groups is 2. The number of nitrogens with one attached hydrogen (secondary N) is 1. The van der Waals surface area contributed by atoms with E-state index in [1.807, 2.05) is 49.9 Å². The Morgan fingerprint density at radius 3 is 2.65 bits per heavy atom. The number of fused-ring (bicyclic) bond motifs is 1. The molecule has 2 atom stereocenters. The largest absolute Gasteiger partial charge is 0.481 e. The Hall–Kier alpha value is -2.37. The number of amides is 1. The van der Waals surface area contributed by atoms with E-state index in [0.29, 0.717) is 19.5 Å². The van der Waals surface area contributed by atoms with Crippen LogP contribution >= 0.6 is 0 Å². The molecule has 0 saturated carbocycles. The smallest absolute Gasteiger partial charge is 0.303 e. The molecule has 2 N–H and O–H groups in total. The monoisotopic (exact) mass is 357 g/mol. The van der Waals surface area contributed by atoms with Crippen LogP contribution in [0.3, 0.4) is 0 Å². The van der Waals surface area contributed by atoms with Crippen LogP contribution in [0.5, 0.6) is 0 Å². The fraction of sp³-hybridized carbons (Fsp3) is 0.550. The lowest BCUT2D eigenvalue weighted by Gasteiger charge is -2.40. The zero-order valence-corrected chi connectivity index (χ0v) is 15.7. The summed E-state index contributed by atoms with van der Waals surface area (Å²) in [6.45, 7) is 6.99. The molecule has 2 heterocycles. The SMILES string of the molecule is CC(C)(C)C(=O)N1CC[C@@H](CC(=O)O)[C@@H](Cc2nc3ccccc3[nH]2)C1. The number of hydrogen-bond acceptors (Lipinski definition) is 3. The average molecular weight is 357 g/mol. The predicted molar refractivity (Wildman–Crippen MR) is 99.7 cm³/mol. The van der Waals surface area contributed by atoms with Gasteiger partial charge in [0, 0.05) is 31.3 Å². The van der Waals surface area contributed by atoms with Gasteiger partial charge in [0.05, 0.1) is 11.0 Å². The Kier molecular flexibility index (Phi) is 5.03. The van der Waals surface area contributed by atoms with Crippen molar-refractivity contribution in [3.63, 3.8) is 0 Å². The number of imidazole rings is 1. The predicted octanol–water partition coefficient (Wildman–Crippen LogP) is 3.09. The summed E-state index contributed by atoms with van der Waals surface area (Å²) in [5.41, 5.74) is 1.47. The van der Waals surface area contributed by atoms with Crippen molar-refractivity contribution in [3.05, 3.63) is 30.1 Å². The van der Waals surface area contributed by atoms with Crippen LogP contribution in [0.25, 0.3) is 11.0 Å². The second-order valence-electron chi connectivity index (χ2n) is 8.31. The standard InChI is InChI=1S/C20H27N3O3/c1-20(2,3)19(26)23-9-8-13(11-18(24)25)14(12-23)10-17-21-15-6-4-5-7-16(15)22-17/h4-7,13-14H,8-12H2,1-3H3,(H,21,22)(H,24,25)/t13-,14-/m0/s1. The summed E-state index contributed by atoms with van der Waals surface area (Å²) in [6.07, 6.45) is 1.52. The van der Waals surface area contributed by atoms with Gasteiger partial charge in [0.2, 0.25) is 5.91 Å². The van der Waals surface area contributed by atoms with E-state index in [4.69, 9.17) is 0 Å². The minimum Gasteiger partial charge on any atom is -0.481 e. The number of para-hydroxylation sites is 2. The van der Waals surface area contributed by atoms with Gasteiger partial charge < -0.3 is 15.0 Å². The molecule has 0 aliphatic carbocycles. The molecule has 1 fully saturated rings. The zero-order valence-electron chi connectivity index (χ0n) is 15.7. The van der Waals surface area contributed by atoms with Crippen molar-refractivity contribution >= 4 is 22.9 Å². The summed E-state index contributed by atoms with van der Waals surface area (Å²) in [4.78, 5) is 33.8. The number of carbonyl (C=O) groups excluding carboxylic acids is 1. The van der Waals surface area contributed by atoms with Gasteiger partial charge in [-0.15, -0.1) is 0 Å². The third-order valence-corrected chi connectivity index (χ3v) is 5.15. The summed E-state index contributed by atoms with van der Waals surface area (Å²) in [6, 6.07) is 7.85. The van der Waals surface area contributed by atoms with Gasteiger partial charge >= 0.3 is 5.97 Å². The lowest BCUT2D eigenvalue weighted by molar-refractivity contribution is -0.143. The number of rotatable bonds is 4. The fourth-order valence-electron chi connectivity index (χ4n) is 3.81. The van der Waals surface area contributed by atoms with Crippen LogP contribution in [-0.2, 0) is 16.0 Å². The summed E-state index contributed by atoms with van der Waals surface area (Å²) in [7, 11) is 0. The number of carboxylic acids is 1. The first-order valence-corrected chi connectivity index (χ1v) is 9.19. The number of hydrogen-bond donors (Lipinski definition) is 2. The lowest BCUT2D eigenvalue weighted by atomic mass is 9.80. The van der Waals surface area contributed by atoms with E-state index >= 15 is 0 Å². The van der Waals surface area contributed by atoms with Crippen LogP contribution in [0.1, 0.15) is 39.4 Å². The Labute approximate surface area is 153 Å². The van der Waals surface area contributed by atoms with Crippen LogP contribution in [0, 0.1) is 17.3 Å². The van der Waals surface area contributed by atoms with Crippen LogP contribution in [0.15, 0.2) is 24.3 Å². The molecule has 0 unspecified atom stereocenters. The number of benzene rings is 1. The molecule has 1 amide bonds. The molecular formula is C20H27N3O3. The third kappa shape index (κ3) is 4.06. The van der Waals surface area contributed by atoms with E-state index in [1.54, 1.807) is 0 Å². The van der Waals surface area contributed by atoms with E-state index in [9.17, 15) is 14.7 Å². The molecule has 1 aromatic carbocycles. The summed E-state index contributed by atoms with van der Waals surface area (Å²) in [5.74, 6) is 0.356.